The first-order valence-electron chi connectivity index (χ1n) is 9.69. The van der Waals surface area contributed by atoms with Crippen molar-refractivity contribution in [3.8, 4) is 0 Å². The highest BCUT2D eigenvalue weighted by Crippen LogP contribution is 2.40. The van der Waals surface area contributed by atoms with Crippen LogP contribution >= 0.6 is 0 Å². The van der Waals surface area contributed by atoms with Gasteiger partial charge in [0.25, 0.3) is 0 Å². The number of ketones is 1. The summed E-state index contributed by atoms with van der Waals surface area (Å²) in [4.78, 5) is 20.9. The Labute approximate surface area is 169 Å². The van der Waals surface area contributed by atoms with Crippen LogP contribution in [0.2, 0.25) is 0 Å². The summed E-state index contributed by atoms with van der Waals surface area (Å²) in [6, 6.07) is 10.3. The van der Waals surface area contributed by atoms with Crippen molar-refractivity contribution >= 4 is 16.8 Å². The number of ether oxygens (including phenoxy) is 1. The van der Waals surface area contributed by atoms with E-state index < -0.39 is 11.5 Å². The zero-order chi connectivity index (χ0) is 20.6. The minimum Gasteiger partial charge on any atom is -0.486 e. The second-order valence-electron chi connectivity index (χ2n) is 7.69. The van der Waals surface area contributed by atoms with E-state index in [0.717, 1.165) is 5.39 Å². The van der Waals surface area contributed by atoms with Crippen LogP contribution in [-0.4, -0.2) is 15.8 Å². The fourth-order valence-corrected chi connectivity index (χ4v) is 3.77. The summed E-state index contributed by atoms with van der Waals surface area (Å²) in [5.74, 6) is 0.229. The number of aromatic nitrogens is 2. The third-order valence-electron chi connectivity index (χ3n) is 5.78. The Kier molecular flexibility index (Phi) is 4.82. The van der Waals surface area contributed by atoms with E-state index in [4.69, 9.17) is 4.74 Å². The number of carbonyl (C=O) groups excluding carboxylic acids is 1. The summed E-state index contributed by atoms with van der Waals surface area (Å²) >= 11 is 0. The van der Waals surface area contributed by atoms with Crippen LogP contribution in [0.25, 0.3) is 11.0 Å². The predicted octanol–water partition coefficient (Wildman–Crippen LogP) is 5.76. The number of pyridine rings is 1. The van der Waals surface area contributed by atoms with Gasteiger partial charge in [0.15, 0.2) is 5.78 Å². The Hall–Kier alpha value is -3.21. The van der Waals surface area contributed by atoms with E-state index in [1.807, 2.05) is 44.2 Å². The molecule has 3 unspecified atom stereocenters. The third-order valence-corrected chi connectivity index (χ3v) is 5.78. The van der Waals surface area contributed by atoms with Gasteiger partial charge in [-0.15, -0.1) is 0 Å². The van der Waals surface area contributed by atoms with E-state index in [1.165, 1.54) is 6.07 Å². The van der Waals surface area contributed by atoms with Crippen LogP contribution in [0.5, 0.6) is 0 Å². The molecule has 0 amide bonds. The first-order valence-corrected chi connectivity index (χ1v) is 9.69. The van der Waals surface area contributed by atoms with Gasteiger partial charge in [0, 0.05) is 28.9 Å². The molecule has 0 spiro atoms. The number of benzene rings is 1. The lowest BCUT2D eigenvalue weighted by Crippen LogP contribution is -2.34. The lowest BCUT2D eigenvalue weighted by Gasteiger charge is -2.33. The van der Waals surface area contributed by atoms with E-state index in [-0.39, 0.29) is 17.5 Å². The van der Waals surface area contributed by atoms with Gasteiger partial charge in [-0.3, -0.25) is 4.79 Å². The van der Waals surface area contributed by atoms with Crippen LogP contribution in [0.3, 0.4) is 0 Å². The van der Waals surface area contributed by atoms with Gasteiger partial charge < -0.3 is 9.72 Å². The molecule has 2 aromatic heterocycles. The minimum absolute atomic E-state index is 0.00625. The number of Topliss-reactive ketones (excluding diaryl/α,β-unsaturated/α-hetero) is 1. The molecule has 3 atom stereocenters. The Balaban J connectivity index is 1.65. The van der Waals surface area contributed by atoms with Gasteiger partial charge in [-0.05, 0) is 50.1 Å². The summed E-state index contributed by atoms with van der Waals surface area (Å²) in [5.41, 5.74) is 0.989. The minimum atomic E-state index is -0.788. The lowest BCUT2D eigenvalue weighted by molar-refractivity contribution is 0.0804. The maximum Gasteiger partial charge on any atom is 0.175 e. The molecule has 148 valence electrons. The molecule has 29 heavy (non-hydrogen) atoms. The van der Waals surface area contributed by atoms with Crippen LogP contribution in [0.15, 0.2) is 72.8 Å². The molecule has 4 rings (SSSR count). The second kappa shape index (κ2) is 7.32. The summed E-state index contributed by atoms with van der Waals surface area (Å²) in [7, 11) is 0. The summed E-state index contributed by atoms with van der Waals surface area (Å²) in [6.45, 7) is 5.72. The van der Waals surface area contributed by atoms with Crippen molar-refractivity contribution in [3.63, 3.8) is 0 Å². The van der Waals surface area contributed by atoms with Crippen molar-refractivity contribution in [2.24, 2.45) is 11.3 Å². The Morgan fingerprint density at radius 2 is 2.07 bits per heavy atom. The molecule has 4 nitrogen and oxygen atoms in total. The summed E-state index contributed by atoms with van der Waals surface area (Å²) in [5, 5.41) is 0.802. The number of fused-ring (bicyclic) bond motifs is 1. The monoisotopic (exact) mass is 390 g/mol. The third kappa shape index (κ3) is 3.37. The lowest BCUT2D eigenvalue weighted by atomic mass is 9.70. The molecule has 0 fully saturated rings. The van der Waals surface area contributed by atoms with Crippen LogP contribution < -0.4 is 0 Å². The molecule has 0 radical (unpaired) electrons. The van der Waals surface area contributed by atoms with Gasteiger partial charge in [0.2, 0.25) is 0 Å². The van der Waals surface area contributed by atoms with Crippen molar-refractivity contribution in [1.29, 1.82) is 0 Å². The molecule has 5 heteroatoms. The number of halogens is 1. The number of carbonyl (C=O) groups is 1. The van der Waals surface area contributed by atoms with Gasteiger partial charge in [0.1, 0.15) is 23.3 Å². The standard InChI is InChI=1S/C24H23FN2O2/c1-15-10-11-17(29-16(2)18-7-4-5-9-21(18)25)13-24(15,3)22(28)20-14-27-23-19(20)8-6-12-26-23/h4-16H,1-3H3,(H,26,27). The molecule has 1 aromatic carbocycles. The molecule has 2 heterocycles. The SMILES string of the molecule is CC(OC1=CC(C)(C(=O)c2c[nH]c3ncccc23)C(C)C=C1)c1ccccc1F. The second-order valence-corrected chi connectivity index (χ2v) is 7.69. The number of hydrogen-bond donors (Lipinski definition) is 1. The van der Waals surface area contributed by atoms with Crippen molar-refractivity contribution < 1.29 is 13.9 Å². The zero-order valence-electron chi connectivity index (χ0n) is 16.6. The number of rotatable bonds is 5. The molecule has 1 aliphatic rings. The highest BCUT2D eigenvalue weighted by molar-refractivity contribution is 6.10. The van der Waals surface area contributed by atoms with E-state index >= 15 is 0 Å². The van der Waals surface area contributed by atoms with Gasteiger partial charge in [0.05, 0.1) is 5.41 Å². The molecule has 0 saturated carbocycles. The zero-order valence-corrected chi connectivity index (χ0v) is 16.6. The van der Waals surface area contributed by atoms with Crippen molar-refractivity contribution in [2.45, 2.75) is 26.9 Å². The number of allylic oxidation sites excluding steroid dienone is 3. The van der Waals surface area contributed by atoms with Gasteiger partial charge in [-0.25, -0.2) is 9.37 Å². The highest BCUT2D eigenvalue weighted by atomic mass is 19.1. The van der Waals surface area contributed by atoms with Crippen molar-refractivity contribution in [3.05, 3.63) is 89.7 Å². The van der Waals surface area contributed by atoms with E-state index in [9.17, 15) is 9.18 Å². The average Bonchev–Trinajstić information content (AvgIpc) is 3.14. The predicted molar refractivity (Wildman–Crippen MR) is 111 cm³/mol. The normalized spacial score (nSPS) is 22.3. The largest absolute Gasteiger partial charge is 0.486 e. The highest BCUT2D eigenvalue weighted by Gasteiger charge is 2.40. The number of nitrogens with one attached hydrogen (secondary N) is 1. The maximum absolute atomic E-state index is 14.1. The van der Waals surface area contributed by atoms with Crippen LogP contribution in [-0.2, 0) is 4.74 Å². The molecule has 1 N–H and O–H groups in total. The molecule has 3 aromatic rings. The van der Waals surface area contributed by atoms with E-state index in [0.29, 0.717) is 22.5 Å². The van der Waals surface area contributed by atoms with Gasteiger partial charge >= 0.3 is 0 Å². The maximum atomic E-state index is 14.1. The van der Waals surface area contributed by atoms with Crippen molar-refractivity contribution in [2.75, 3.05) is 0 Å². The first kappa shape index (κ1) is 19.1. The summed E-state index contributed by atoms with van der Waals surface area (Å²) in [6.07, 6.45) is 8.61. The number of nitrogens with zero attached hydrogens (tertiary/aromatic N) is 1. The van der Waals surface area contributed by atoms with Crippen LogP contribution in [0.4, 0.5) is 4.39 Å². The molecule has 0 aliphatic heterocycles. The quantitative estimate of drug-likeness (QED) is 0.564. The van der Waals surface area contributed by atoms with Gasteiger partial charge in [-0.2, -0.15) is 0 Å². The molecule has 1 aliphatic carbocycles. The van der Waals surface area contributed by atoms with Crippen LogP contribution in [0.1, 0.15) is 42.8 Å². The van der Waals surface area contributed by atoms with Crippen molar-refractivity contribution in [1.82, 2.24) is 9.97 Å². The Morgan fingerprint density at radius 1 is 1.28 bits per heavy atom. The number of H-pyrrole nitrogens is 1. The van der Waals surface area contributed by atoms with E-state index in [2.05, 4.69) is 9.97 Å². The van der Waals surface area contributed by atoms with Crippen LogP contribution in [0, 0.1) is 17.2 Å². The molecular formula is C24H23FN2O2. The molecule has 0 bridgehead atoms. The fourth-order valence-electron chi connectivity index (χ4n) is 3.77. The average molecular weight is 390 g/mol. The topological polar surface area (TPSA) is 55.0 Å². The smallest absolute Gasteiger partial charge is 0.175 e. The van der Waals surface area contributed by atoms with Gasteiger partial charge in [-0.1, -0.05) is 31.2 Å². The fraction of sp³-hybridized carbons (Fsp3) is 0.250. The number of aromatic amines is 1. The molecule has 0 saturated heterocycles. The summed E-state index contributed by atoms with van der Waals surface area (Å²) < 4.78 is 20.1. The Morgan fingerprint density at radius 3 is 2.86 bits per heavy atom. The first-order chi connectivity index (χ1) is 13.9. The Bertz CT molecular complexity index is 1130. The molecular weight excluding hydrogens is 367 g/mol. The van der Waals surface area contributed by atoms with E-state index in [1.54, 1.807) is 37.5 Å². The number of hydrogen-bond acceptors (Lipinski definition) is 3.